The van der Waals surface area contributed by atoms with Gasteiger partial charge in [-0.05, 0) is 31.2 Å². The number of hydrogen-bond acceptors (Lipinski definition) is 4. The first-order chi connectivity index (χ1) is 14.6. The zero-order valence-corrected chi connectivity index (χ0v) is 16.7. The number of amides is 2. The van der Waals surface area contributed by atoms with Crippen molar-refractivity contribution in [2.75, 3.05) is 17.3 Å². The van der Waals surface area contributed by atoms with Crippen LogP contribution >= 0.6 is 0 Å². The average molecular weight is 432 g/mol. The molecular weight excluding hydrogens is 413 g/mol. The Kier molecular flexibility index (Phi) is 6.14. The van der Waals surface area contributed by atoms with Gasteiger partial charge in [-0.1, -0.05) is 30.3 Å². The molecule has 2 aromatic rings. The molecule has 31 heavy (non-hydrogen) atoms. The minimum absolute atomic E-state index is 0.0899. The number of rotatable bonds is 4. The van der Waals surface area contributed by atoms with Crippen LogP contribution in [-0.4, -0.2) is 24.9 Å². The predicted molar refractivity (Wildman–Crippen MR) is 107 cm³/mol. The first kappa shape index (κ1) is 22.1. The van der Waals surface area contributed by atoms with E-state index in [0.717, 1.165) is 19.2 Å². The Bertz CT molecular complexity index is 1050. The highest BCUT2D eigenvalue weighted by atomic mass is 19.4. The topological polar surface area (TPSA) is 75.7 Å². The summed E-state index contributed by atoms with van der Waals surface area (Å²) < 4.78 is 44.6. The molecule has 3 rings (SSSR count). The van der Waals surface area contributed by atoms with Gasteiger partial charge >= 0.3 is 12.1 Å². The zero-order valence-electron chi connectivity index (χ0n) is 16.7. The van der Waals surface area contributed by atoms with Crippen LogP contribution in [0.1, 0.15) is 18.9 Å². The van der Waals surface area contributed by atoms with Gasteiger partial charge in [-0.2, -0.15) is 13.2 Å². The lowest BCUT2D eigenvalue weighted by Crippen LogP contribution is -2.43. The highest BCUT2D eigenvalue weighted by Crippen LogP contribution is 2.37. The molecule has 0 spiro atoms. The van der Waals surface area contributed by atoms with Crippen molar-refractivity contribution in [3.8, 4) is 0 Å². The van der Waals surface area contributed by atoms with E-state index in [4.69, 9.17) is 4.74 Å². The van der Waals surface area contributed by atoms with Crippen molar-refractivity contribution in [1.29, 1.82) is 0 Å². The molecule has 9 heteroatoms. The Hall–Kier alpha value is -3.62. The lowest BCUT2D eigenvalue weighted by molar-refractivity contribution is -0.139. The molecule has 1 heterocycles. The second kappa shape index (κ2) is 8.63. The Morgan fingerprint density at radius 1 is 1.06 bits per heavy atom. The number of carbonyl (C=O) groups is 3. The van der Waals surface area contributed by atoms with Gasteiger partial charge in [0.05, 0.1) is 29.9 Å². The van der Waals surface area contributed by atoms with E-state index in [0.29, 0.717) is 5.69 Å². The highest BCUT2D eigenvalue weighted by molar-refractivity contribution is 6.10. The Balaban J connectivity index is 2.01. The van der Waals surface area contributed by atoms with Crippen LogP contribution in [0.5, 0.6) is 0 Å². The van der Waals surface area contributed by atoms with E-state index in [1.54, 1.807) is 30.3 Å². The summed E-state index contributed by atoms with van der Waals surface area (Å²) >= 11 is 0. The quantitative estimate of drug-likeness (QED) is 0.737. The summed E-state index contributed by atoms with van der Waals surface area (Å²) in [7, 11) is 1.12. The third kappa shape index (κ3) is 4.45. The Labute approximate surface area is 176 Å². The molecular formula is C22H19F3N2O4. The number of carbonyl (C=O) groups excluding carboxylic acids is 3. The van der Waals surface area contributed by atoms with E-state index in [9.17, 15) is 27.6 Å². The minimum atomic E-state index is -4.69. The van der Waals surface area contributed by atoms with Gasteiger partial charge in [0, 0.05) is 17.8 Å². The smallest absolute Gasteiger partial charge is 0.418 e. The van der Waals surface area contributed by atoms with E-state index >= 15 is 0 Å². The van der Waals surface area contributed by atoms with E-state index in [1.165, 1.54) is 24.0 Å². The predicted octanol–water partition coefficient (Wildman–Crippen LogP) is 4.14. The molecule has 1 aliphatic rings. The van der Waals surface area contributed by atoms with E-state index in [-0.39, 0.29) is 11.3 Å². The van der Waals surface area contributed by atoms with Crippen molar-refractivity contribution in [2.24, 2.45) is 5.92 Å². The monoisotopic (exact) mass is 432 g/mol. The lowest BCUT2D eigenvalue weighted by Gasteiger charge is -2.33. The zero-order chi connectivity index (χ0) is 22.8. The molecule has 2 aromatic carbocycles. The number of alkyl halides is 3. The Morgan fingerprint density at radius 2 is 1.68 bits per heavy atom. The molecule has 0 unspecified atom stereocenters. The van der Waals surface area contributed by atoms with Gasteiger partial charge in [0.15, 0.2) is 0 Å². The van der Waals surface area contributed by atoms with Crippen molar-refractivity contribution >= 4 is 29.2 Å². The number of nitrogens with one attached hydrogen (secondary N) is 1. The van der Waals surface area contributed by atoms with Gasteiger partial charge in [-0.25, -0.2) is 4.79 Å². The summed E-state index contributed by atoms with van der Waals surface area (Å²) in [5.74, 6) is -3.52. The fourth-order valence-corrected chi connectivity index (χ4v) is 3.53. The standard InChI is InChI=1S/C22H19F3N2O4/c1-13-19(21(30)31-2)15(12-18(28)27(13)14-8-4-3-5-9-14)20(29)26-17-11-7-6-10-16(17)22(23,24)25/h3-11,15H,12H2,1-2H3,(H,26,29)/t15-/m0/s1. The molecule has 1 N–H and O–H groups in total. The van der Waals surface area contributed by atoms with Crippen LogP contribution in [0.4, 0.5) is 24.5 Å². The van der Waals surface area contributed by atoms with Crippen molar-refractivity contribution in [3.05, 3.63) is 71.4 Å². The number of hydrogen-bond donors (Lipinski definition) is 1. The van der Waals surface area contributed by atoms with Gasteiger partial charge in [0.1, 0.15) is 0 Å². The summed E-state index contributed by atoms with van der Waals surface area (Å²) in [5.41, 5.74) is -0.907. The van der Waals surface area contributed by atoms with E-state index < -0.39 is 47.5 Å². The summed E-state index contributed by atoms with van der Waals surface area (Å²) in [6.45, 7) is 1.49. The largest absolute Gasteiger partial charge is 0.466 e. The second-order valence-electron chi connectivity index (χ2n) is 6.84. The molecule has 6 nitrogen and oxygen atoms in total. The number of allylic oxidation sites excluding steroid dienone is 1. The molecule has 0 saturated heterocycles. The molecule has 0 aliphatic carbocycles. The van der Waals surface area contributed by atoms with Gasteiger partial charge in [0.2, 0.25) is 11.8 Å². The molecule has 0 radical (unpaired) electrons. The number of esters is 1. The third-order valence-electron chi connectivity index (χ3n) is 4.93. The first-order valence-electron chi connectivity index (χ1n) is 9.29. The maximum absolute atomic E-state index is 13.3. The van der Waals surface area contributed by atoms with Crippen LogP contribution in [0.3, 0.4) is 0 Å². The third-order valence-corrected chi connectivity index (χ3v) is 4.93. The van der Waals surface area contributed by atoms with Gasteiger partial charge in [-0.3, -0.25) is 14.5 Å². The molecule has 0 fully saturated rings. The molecule has 162 valence electrons. The number of halogens is 3. The van der Waals surface area contributed by atoms with Crippen LogP contribution < -0.4 is 10.2 Å². The molecule has 0 bridgehead atoms. The fourth-order valence-electron chi connectivity index (χ4n) is 3.53. The fraction of sp³-hybridized carbons (Fsp3) is 0.227. The minimum Gasteiger partial charge on any atom is -0.466 e. The van der Waals surface area contributed by atoms with Crippen molar-refractivity contribution < 1.29 is 32.3 Å². The number of methoxy groups -OCH3 is 1. The van der Waals surface area contributed by atoms with Crippen LogP contribution in [-0.2, 0) is 25.3 Å². The summed E-state index contributed by atoms with van der Waals surface area (Å²) in [4.78, 5) is 39.5. The lowest BCUT2D eigenvalue weighted by atomic mass is 9.88. The first-order valence-corrected chi connectivity index (χ1v) is 9.29. The van der Waals surface area contributed by atoms with Crippen molar-refractivity contribution in [3.63, 3.8) is 0 Å². The van der Waals surface area contributed by atoms with Gasteiger partial charge < -0.3 is 10.1 Å². The molecule has 0 aromatic heterocycles. The van der Waals surface area contributed by atoms with E-state index in [1.807, 2.05) is 0 Å². The van der Waals surface area contributed by atoms with Crippen LogP contribution in [0.25, 0.3) is 0 Å². The maximum atomic E-state index is 13.3. The number of para-hydroxylation sites is 2. The summed E-state index contributed by atoms with van der Waals surface area (Å²) in [5, 5.41) is 2.22. The van der Waals surface area contributed by atoms with Crippen LogP contribution in [0, 0.1) is 5.92 Å². The van der Waals surface area contributed by atoms with Gasteiger partial charge in [0.25, 0.3) is 0 Å². The second-order valence-corrected chi connectivity index (χ2v) is 6.84. The molecule has 1 aliphatic heterocycles. The normalized spacial score (nSPS) is 16.9. The van der Waals surface area contributed by atoms with Crippen molar-refractivity contribution in [1.82, 2.24) is 0 Å². The molecule has 0 saturated carbocycles. The maximum Gasteiger partial charge on any atom is 0.418 e. The number of ether oxygens (including phenoxy) is 1. The van der Waals surface area contributed by atoms with Crippen LogP contribution in [0.15, 0.2) is 65.9 Å². The number of nitrogens with zero attached hydrogens (tertiary/aromatic N) is 1. The summed E-state index contributed by atoms with van der Waals surface area (Å²) in [6.07, 6.45) is -5.09. The SMILES string of the molecule is COC(=O)C1=C(C)N(c2ccccc2)C(=O)C[C@@H]1C(=O)Nc1ccccc1C(F)(F)F. The molecule has 1 atom stereocenters. The highest BCUT2D eigenvalue weighted by Gasteiger charge is 2.41. The average Bonchev–Trinajstić information content (AvgIpc) is 2.73. The number of anilines is 2. The summed E-state index contributed by atoms with van der Waals surface area (Å²) in [6, 6.07) is 13.0. The number of benzene rings is 2. The van der Waals surface area contributed by atoms with Crippen LogP contribution in [0.2, 0.25) is 0 Å². The molecule has 2 amide bonds. The van der Waals surface area contributed by atoms with Crippen molar-refractivity contribution in [2.45, 2.75) is 19.5 Å². The van der Waals surface area contributed by atoms with E-state index in [2.05, 4.69) is 5.32 Å². The Morgan fingerprint density at radius 3 is 2.29 bits per heavy atom. The van der Waals surface area contributed by atoms with Gasteiger partial charge in [-0.15, -0.1) is 0 Å².